The van der Waals surface area contributed by atoms with Gasteiger partial charge in [0.1, 0.15) is 5.15 Å². The van der Waals surface area contributed by atoms with Crippen molar-refractivity contribution in [3.05, 3.63) is 40.9 Å². The largest absolute Gasteiger partial charge is 0.440 e. The lowest BCUT2D eigenvalue weighted by Gasteiger charge is -2.22. The average Bonchev–Trinajstić information content (AvgIpc) is 3.35. The number of rotatable bonds is 7. The fourth-order valence-electron chi connectivity index (χ4n) is 3.29. The molecule has 3 aromatic rings. The summed E-state index contributed by atoms with van der Waals surface area (Å²) in [6.45, 7) is 0. The van der Waals surface area contributed by atoms with Gasteiger partial charge in [0.15, 0.2) is 11.4 Å². The summed E-state index contributed by atoms with van der Waals surface area (Å²) in [7, 11) is 0.845. The molecule has 0 saturated heterocycles. The molecule has 38 heavy (non-hydrogen) atoms. The van der Waals surface area contributed by atoms with E-state index in [4.69, 9.17) is 11.6 Å². The van der Waals surface area contributed by atoms with Crippen LogP contribution in [0, 0.1) is 0 Å². The van der Waals surface area contributed by atoms with E-state index >= 15 is 0 Å². The van der Waals surface area contributed by atoms with Gasteiger partial charge in [-0.05, 0) is 18.9 Å². The predicted molar refractivity (Wildman–Crippen MR) is 111 cm³/mol. The SMILES string of the molecule is Cn1nc(OC(F)(F)C(F)C(F)(F)F)c(C(F)(F)F)c1-n1cc(-c2cnc(Cl)c(C(=O)NC3CC3)c2)cn1. The number of aryl methyl sites for hydroxylation is 1. The molecular formula is C20H14ClF9N6O2. The van der Waals surface area contributed by atoms with Gasteiger partial charge in [0.05, 0.1) is 11.8 Å². The third-order valence-corrected chi connectivity index (χ3v) is 5.51. The van der Waals surface area contributed by atoms with E-state index in [1.54, 1.807) is 0 Å². The maximum atomic E-state index is 13.8. The highest BCUT2D eigenvalue weighted by atomic mass is 35.5. The Hall–Kier alpha value is -3.50. The van der Waals surface area contributed by atoms with E-state index in [-0.39, 0.29) is 27.9 Å². The lowest BCUT2D eigenvalue weighted by atomic mass is 10.1. The highest BCUT2D eigenvalue weighted by molar-refractivity contribution is 6.32. The third kappa shape index (κ3) is 5.51. The lowest BCUT2D eigenvalue weighted by Crippen LogP contribution is -2.46. The molecule has 1 saturated carbocycles. The number of carbonyl (C=O) groups is 1. The molecule has 0 aromatic carbocycles. The van der Waals surface area contributed by atoms with Crippen LogP contribution in [0.5, 0.6) is 5.88 Å². The van der Waals surface area contributed by atoms with Gasteiger partial charge in [-0.25, -0.2) is 18.7 Å². The highest BCUT2D eigenvalue weighted by Gasteiger charge is 2.60. The molecule has 1 unspecified atom stereocenters. The molecule has 1 N–H and O–H groups in total. The number of nitrogens with one attached hydrogen (secondary N) is 1. The molecule has 206 valence electrons. The van der Waals surface area contributed by atoms with Crippen molar-refractivity contribution in [1.29, 1.82) is 0 Å². The van der Waals surface area contributed by atoms with Crippen LogP contribution in [0.15, 0.2) is 24.7 Å². The van der Waals surface area contributed by atoms with Gasteiger partial charge in [0.25, 0.3) is 18.0 Å². The number of hydrogen-bond acceptors (Lipinski definition) is 5. The van der Waals surface area contributed by atoms with Gasteiger partial charge in [0, 0.05) is 36.6 Å². The first-order chi connectivity index (χ1) is 17.5. The van der Waals surface area contributed by atoms with Gasteiger partial charge in [0.2, 0.25) is 0 Å². The average molecular weight is 577 g/mol. The summed E-state index contributed by atoms with van der Waals surface area (Å²) in [4.78, 5) is 16.3. The molecule has 0 aliphatic heterocycles. The second-order valence-corrected chi connectivity index (χ2v) is 8.53. The Balaban J connectivity index is 1.72. The molecule has 0 radical (unpaired) electrons. The van der Waals surface area contributed by atoms with E-state index in [0.717, 1.165) is 32.3 Å². The molecule has 1 atom stereocenters. The van der Waals surface area contributed by atoms with Crippen LogP contribution in [-0.2, 0) is 13.2 Å². The van der Waals surface area contributed by atoms with Crippen molar-refractivity contribution in [2.45, 2.75) is 43.5 Å². The molecule has 3 heterocycles. The molecule has 8 nitrogen and oxygen atoms in total. The zero-order chi connectivity index (χ0) is 28.2. The minimum Gasteiger partial charge on any atom is -0.410 e. The second-order valence-electron chi connectivity index (χ2n) is 8.18. The fourth-order valence-corrected chi connectivity index (χ4v) is 3.48. The van der Waals surface area contributed by atoms with Crippen LogP contribution in [0.4, 0.5) is 39.5 Å². The van der Waals surface area contributed by atoms with Gasteiger partial charge >= 0.3 is 18.5 Å². The topological polar surface area (TPSA) is 86.9 Å². The maximum absolute atomic E-state index is 13.8. The summed E-state index contributed by atoms with van der Waals surface area (Å²) in [5.74, 6) is -3.57. The number of nitrogens with zero attached hydrogens (tertiary/aromatic N) is 5. The van der Waals surface area contributed by atoms with Crippen molar-refractivity contribution in [2.75, 3.05) is 0 Å². The minimum atomic E-state index is -6.13. The number of alkyl halides is 9. The van der Waals surface area contributed by atoms with Gasteiger partial charge in [-0.3, -0.25) is 4.79 Å². The summed E-state index contributed by atoms with van der Waals surface area (Å²) in [5, 5.41) is 9.38. The van der Waals surface area contributed by atoms with E-state index in [1.165, 1.54) is 12.3 Å². The Kier molecular flexibility index (Phi) is 6.78. The zero-order valence-electron chi connectivity index (χ0n) is 18.7. The van der Waals surface area contributed by atoms with Crippen LogP contribution < -0.4 is 10.1 Å². The van der Waals surface area contributed by atoms with Crippen molar-refractivity contribution in [1.82, 2.24) is 29.9 Å². The first-order valence-corrected chi connectivity index (χ1v) is 10.8. The minimum absolute atomic E-state index is 0.0109. The summed E-state index contributed by atoms with van der Waals surface area (Å²) in [5.41, 5.74) is -1.78. The molecule has 1 fully saturated rings. The van der Waals surface area contributed by atoms with Gasteiger partial charge in [-0.1, -0.05) is 11.6 Å². The van der Waals surface area contributed by atoms with Crippen LogP contribution in [0.1, 0.15) is 28.8 Å². The molecule has 3 aromatic heterocycles. The van der Waals surface area contributed by atoms with Gasteiger partial charge in [-0.15, -0.1) is 5.10 Å². The molecule has 0 bridgehead atoms. The summed E-state index contributed by atoms with van der Waals surface area (Å²) in [6, 6.07) is 1.29. The van der Waals surface area contributed by atoms with E-state index in [2.05, 4.69) is 25.2 Å². The summed E-state index contributed by atoms with van der Waals surface area (Å²) < 4.78 is 124. The van der Waals surface area contributed by atoms with Crippen LogP contribution in [0.3, 0.4) is 0 Å². The molecule has 1 amide bonds. The number of aromatic nitrogens is 5. The van der Waals surface area contributed by atoms with E-state index in [9.17, 15) is 44.3 Å². The van der Waals surface area contributed by atoms with Crippen LogP contribution in [0.2, 0.25) is 5.15 Å². The molecule has 0 spiro atoms. The number of carbonyl (C=O) groups excluding carboxylic acids is 1. The maximum Gasteiger partial charge on any atom is 0.440 e. The Morgan fingerprint density at radius 3 is 2.37 bits per heavy atom. The number of ether oxygens (including phenoxy) is 1. The lowest BCUT2D eigenvalue weighted by molar-refractivity contribution is -0.306. The monoisotopic (exact) mass is 576 g/mol. The predicted octanol–water partition coefficient (Wildman–Crippen LogP) is 5.10. The standard InChI is InChI=1S/C20H14ClF9N6O2/c1-35-16(12(18(23,24)25)15(34-35)38-20(29,30)17(22)19(26,27)28)36-7-9(6-32-36)8-4-11(13(21)31-5-8)14(37)33-10-2-3-10/h4-7,10,17H,2-3H2,1H3,(H,33,37). The molecular weight excluding hydrogens is 563 g/mol. The number of amides is 1. The Bertz CT molecular complexity index is 1360. The van der Waals surface area contributed by atoms with Gasteiger partial charge < -0.3 is 10.1 Å². The number of halogens is 10. The van der Waals surface area contributed by atoms with E-state index < -0.39 is 47.8 Å². The molecule has 18 heteroatoms. The number of pyridine rings is 1. The van der Waals surface area contributed by atoms with Crippen molar-refractivity contribution >= 4 is 17.5 Å². The zero-order valence-corrected chi connectivity index (χ0v) is 19.5. The Morgan fingerprint density at radius 2 is 1.79 bits per heavy atom. The fraction of sp³-hybridized carbons (Fsp3) is 0.400. The van der Waals surface area contributed by atoms with E-state index in [0.29, 0.717) is 9.36 Å². The van der Waals surface area contributed by atoms with Crippen LogP contribution in [-0.4, -0.2) is 55.0 Å². The molecule has 1 aliphatic rings. The van der Waals surface area contributed by atoms with Crippen molar-refractivity contribution in [2.24, 2.45) is 7.05 Å². The molecule has 1 aliphatic carbocycles. The summed E-state index contributed by atoms with van der Waals surface area (Å²) >= 11 is 5.98. The highest BCUT2D eigenvalue weighted by Crippen LogP contribution is 2.44. The Labute approximate surface area is 211 Å². The number of hydrogen-bond donors (Lipinski definition) is 1. The van der Waals surface area contributed by atoms with E-state index in [1.807, 2.05) is 0 Å². The van der Waals surface area contributed by atoms with Gasteiger partial charge in [-0.2, -0.15) is 40.2 Å². The van der Waals surface area contributed by atoms with Crippen LogP contribution >= 0.6 is 11.6 Å². The third-order valence-electron chi connectivity index (χ3n) is 5.21. The normalized spacial score (nSPS) is 15.4. The van der Waals surface area contributed by atoms with Crippen LogP contribution in [0.25, 0.3) is 16.9 Å². The van der Waals surface area contributed by atoms with Crippen molar-refractivity contribution in [3.63, 3.8) is 0 Å². The molecule has 4 rings (SSSR count). The first-order valence-electron chi connectivity index (χ1n) is 10.4. The Morgan fingerprint density at radius 1 is 1.13 bits per heavy atom. The smallest absolute Gasteiger partial charge is 0.410 e. The second kappa shape index (κ2) is 9.36. The van der Waals surface area contributed by atoms with Crippen molar-refractivity contribution in [3.8, 4) is 22.8 Å². The van der Waals surface area contributed by atoms with Crippen molar-refractivity contribution < 1.29 is 49.0 Å². The quantitative estimate of drug-likeness (QED) is 0.312. The first kappa shape index (κ1) is 27.5. The summed E-state index contributed by atoms with van der Waals surface area (Å²) in [6.07, 6.45) is -17.5.